The van der Waals surface area contributed by atoms with Gasteiger partial charge in [-0.25, -0.2) is 10.5 Å². The molecule has 0 fully saturated rings. The second kappa shape index (κ2) is 12.2. The fourth-order valence-corrected chi connectivity index (χ4v) is 3.42. The molecule has 4 N–H and O–H groups in total. The molecule has 172 valence electrons. The van der Waals surface area contributed by atoms with E-state index in [1.54, 1.807) is 30.5 Å². The van der Waals surface area contributed by atoms with Gasteiger partial charge in [-0.1, -0.05) is 17.8 Å². The molecule has 0 saturated carbocycles. The number of carbonyl (C=O) groups excluding carboxylic acids is 2. The van der Waals surface area contributed by atoms with Gasteiger partial charge < -0.3 is 15.4 Å². The molecule has 1 heterocycles. The standard InChI is InChI=1S/C22H25N7O3S/c1-3-32-19-9-7-16(8-10-19)14-23-27-21-26-22(29-28-21)33-12-11-20(31)25-18-6-4-5-17(13-18)24-15(2)30/h4-10,13-14H,3,11-12H2,1-2H3,(H,24,30)(H,25,31)(H2,26,27,28,29)/b23-14+. The third-order valence-electron chi connectivity index (χ3n) is 4.07. The van der Waals surface area contributed by atoms with E-state index in [2.05, 4.69) is 36.3 Å². The average Bonchev–Trinajstić information content (AvgIpc) is 3.22. The molecule has 0 bridgehead atoms. The van der Waals surface area contributed by atoms with E-state index in [1.165, 1.54) is 18.7 Å². The Morgan fingerprint density at radius 1 is 1.15 bits per heavy atom. The maximum absolute atomic E-state index is 12.2. The van der Waals surface area contributed by atoms with E-state index in [-0.39, 0.29) is 18.2 Å². The highest BCUT2D eigenvalue weighted by Crippen LogP contribution is 2.18. The monoisotopic (exact) mass is 467 g/mol. The highest BCUT2D eigenvalue weighted by Gasteiger charge is 2.07. The minimum Gasteiger partial charge on any atom is -0.494 e. The van der Waals surface area contributed by atoms with E-state index >= 15 is 0 Å². The van der Waals surface area contributed by atoms with Gasteiger partial charge in [0, 0.05) is 30.5 Å². The number of hydrogen-bond acceptors (Lipinski definition) is 8. The van der Waals surface area contributed by atoms with Crippen molar-refractivity contribution in [2.24, 2.45) is 5.10 Å². The fraction of sp³-hybridized carbons (Fsp3) is 0.227. The predicted octanol–water partition coefficient (Wildman–Crippen LogP) is 3.73. The summed E-state index contributed by atoms with van der Waals surface area (Å²) in [5, 5.41) is 17.0. The van der Waals surface area contributed by atoms with E-state index in [9.17, 15) is 9.59 Å². The van der Waals surface area contributed by atoms with Crippen LogP contribution in [0.2, 0.25) is 0 Å². The Labute approximate surface area is 195 Å². The van der Waals surface area contributed by atoms with Crippen LogP contribution < -0.4 is 20.8 Å². The van der Waals surface area contributed by atoms with E-state index in [4.69, 9.17) is 4.74 Å². The Kier molecular flexibility index (Phi) is 8.83. The maximum Gasteiger partial charge on any atom is 0.240 e. The number of thioether (sulfide) groups is 1. The first kappa shape index (κ1) is 23.8. The van der Waals surface area contributed by atoms with Gasteiger partial charge in [0.25, 0.3) is 0 Å². The number of aromatic amines is 1. The number of hydrazone groups is 1. The number of H-pyrrole nitrogens is 1. The number of nitrogens with zero attached hydrogens (tertiary/aromatic N) is 3. The topological polar surface area (TPSA) is 133 Å². The summed E-state index contributed by atoms with van der Waals surface area (Å²) in [6.45, 7) is 3.99. The number of aromatic nitrogens is 3. The van der Waals surface area contributed by atoms with Crippen LogP contribution in [-0.2, 0) is 9.59 Å². The summed E-state index contributed by atoms with van der Waals surface area (Å²) >= 11 is 1.35. The quantitative estimate of drug-likeness (QED) is 0.192. The molecule has 0 spiro atoms. The van der Waals surface area contributed by atoms with Crippen molar-refractivity contribution in [1.29, 1.82) is 0 Å². The van der Waals surface area contributed by atoms with Gasteiger partial charge in [0.2, 0.25) is 22.9 Å². The molecule has 0 aliphatic heterocycles. The summed E-state index contributed by atoms with van der Waals surface area (Å²) in [7, 11) is 0. The van der Waals surface area contributed by atoms with Gasteiger partial charge >= 0.3 is 0 Å². The van der Waals surface area contributed by atoms with Gasteiger partial charge in [-0.05, 0) is 55.0 Å². The zero-order valence-corrected chi connectivity index (χ0v) is 19.1. The van der Waals surface area contributed by atoms with Gasteiger partial charge in [0.05, 0.1) is 12.8 Å². The lowest BCUT2D eigenvalue weighted by atomic mass is 10.2. The van der Waals surface area contributed by atoms with Gasteiger partial charge in [-0.15, -0.1) is 5.10 Å². The number of rotatable bonds is 11. The van der Waals surface area contributed by atoms with Crippen molar-refractivity contribution >= 4 is 47.1 Å². The summed E-state index contributed by atoms with van der Waals surface area (Å²) in [6.07, 6.45) is 1.94. The third kappa shape index (κ3) is 8.30. The molecular weight excluding hydrogens is 442 g/mol. The first-order chi connectivity index (χ1) is 16.0. The fourth-order valence-electron chi connectivity index (χ4n) is 2.68. The Hall–Kier alpha value is -3.86. The summed E-state index contributed by atoms with van der Waals surface area (Å²) in [5.74, 6) is 1.41. The molecular formula is C22H25N7O3S. The molecule has 11 heteroatoms. The molecule has 2 amide bonds. The van der Waals surface area contributed by atoms with Crippen molar-refractivity contribution < 1.29 is 14.3 Å². The average molecular weight is 468 g/mol. The zero-order valence-electron chi connectivity index (χ0n) is 18.3. The van der Waals surface area contributed by atoms with Gasteiger partial charge in [0.15, 0.2) is 0 Å². The highest BCUT2D eigenvalue weighted by atomic mass is 32.2. The number of anilines is 3. The van der Waals surface area contributed by atoms with E-state index in [0.717, 1.165) is 11.3 Å². The van der Waals surface area contributed by atoms with Crippen molar-refractivity contribution in [3.8, 4) is 5.75 Å². The molecule has 0 unspecified atom stereocenters. The summed E-state index contributed by atoms with van der Waals surface area (Å²) in [5.41, 5.74) is 4.94. The summed E-state index contributed by atoms with van der Waals surface area (Å²) < 4.78 is 5.41. The van der Waals surface area contributed by atoms with Crippen LogP contribution in [0.1, 0.15) is 25.8 Å². The lowest BCUT2D eigenvalue weighted by molar-refractivity contribution is -0.116. The minimum absolute atomic E-state index is 0.142. The lowest BCUT2D eigenvalue weighted by Crippen LogP contribution is -2.13. The van der Waals surface area contributed by atoms with Crippen molar-refractivity contribution in [1.82, 2.24) is 15.2 Å². The van der Waals surface area contributed by atoms with Crippen LogP contribution in [0.3, 0.4) is 0 Å². The number of amides is 2. The summed E-state index contributed by atoms with van der Waals surface area (Å²) in [4.78, 5) is 27.6. The van der Waals surface area contributed by atoms with Crippen molar-refractivity contribution in [3.63, 3.8) is 0 Å². The molecule has 3 aromatic rings. The normalized spacial score (nSPS) is 10.7. The first-order valence-corrected chi connectivity index (χ1v) is 11.2. The maximum atomic E-state index is 12.2. The van der Waals surface area contributed by atoms with Crippen LogP contribution in [0.25, 0.3) is 0 Å². The number of benzene rings is 2. The SMILES string of the molecule is CCOc1ccc(/C=N/Nc2nc(SCCC(=O)Nc3cccc(NC(C)=O)c3)n[nH]2)cc1. The molecule has 33 heavy (non-hydrogen) atoms. The molecule has 0 aliphatic rings. The van der Waals surface area contributed by atoms with Crippen LogP contribution in [0.4, 0.5) is 17.3 Å². The third-order valence-corrected chi connectivity index (χ3v) is 4.92. The first-order valence-electron chi connectivity index (χ1n) is 10.3. The largest absolute Gasteiger partial charge is 0.494 e. The molecule has 10 nitrogen and oxygen atoms in total. The molecule has 0 saturated heterocycles. The van der Waals surface area contributed by atoms with Crippen LogP contribution in [0, 0.1) is 0 Å². The molecule has 0 atom stereocenters. The van der Waals surface area contributed by atoms with Crippen LogP contribution in [-0.4, -0.2) is 45.6 Å². The smallest absolute Gasteiger partial charge is 0.240 e. The molecule has 2 aromatic carbocycles. The highest BCUT2D eigenvalue weighted by molar-refractivity contribution is 7.99. The number of carbonyl (C=O) groups is 2. The molecule has 0 aliphatic carbocycles. The molecule has 1 aromatic heterocycles. The van der Waals surface area contributed by atoms with Gasteiger partial charge in [-0.3, -0.25) is 9.59 Å². The van der Waals surface area contributed by atoms with E-state index in [1.807, 2.05) is 31.2 Å². The molecule has 0 radical (unpaired) electrons. The second-order valence-electron chi connectivity index (χ2n) is 6.75. The Morgan fingerprint density at radius 2 is 1.91 bits per heavy atom. The van der Waals surface area contributed by atoms with Crippen LogP contribution in [0.5, 0.6) is 5.75 Å². The number of hydrogen-bond donors (Lipinski definition) is 4. The molecule has 3 rings (SSSR count). The Morgan fingerprint density at radius 3 is 2.64 bits per heavy atom. The number of nitrogens with one attached hydrogen (secondary N) is 4. The summed E-state index contributed by atoms with van der Waals surface area (Å²) in [6, 6.07) is 14.5. The van der Waals surface area contributed by atoms with Gasteiger partial charge in [0.1, 0.15) is 5.75 Å². The van der Waals surface area contributed by atoms with E-state index < -0.39 is 0 Å². The Bertz CT molecular complexity index is 1100. The minimum atomic E-state index is -0.169. The Balaban J connectivity index is 1.40. The zero-order chi connectivity index (χ0) is 23.5. The van der Waals surface area contributed by atoms with Crippen molar-refractivity contribution in [3.05, 3.63) is 54.1 Å². The van der Waals surface area contributed by atoms with Crippen LogP contribution >= 0.6 is 11.8 Å². The lowest BCUT2D eigenvalue weighted by Gasteiger charge is -2.07. The van der Waals surface area contributed by atoms with E-state index in [0.29, 0.717) is 34.8 Å². The van der Waals surface area contributed by atoms with Crippen molar-refractivity contribution in [2.45, 2.75) is 25.4 Å². The second-order valence-corrected chi connectivity index (χ2v) is 7.81. The number of ether oxygens (including phenoxy) is 1. The van der Waals surface area contributed by atoms with Crippen LogP contribution in [0.15, 0.2) is 58.8 Å². The van der Waals surface area contributed by atoms with Gasteiger partial charge in [-0.2, -0.15) is 10.1 Å². The van der Waals surface area contributed by atoms with Crippen molar-refractivity contribution in [2.75, 3.05) is 28.4 Å². The predicted molar refractivity (Wildman–Crippen MR) is 130 cm³/mol.